The first-order valence-electron chi connectivity index (χ1n) is 9.53. The summed E-state index contributed by atoms with van der Waals surface area (Å²) in [5.74, 6) is 1.72. The number of aromatic nitrogens is 3. The molecule has 0 aliphatic carbocycles. The van der Waals surface area contributed by atoms with Crippen molar-refractivity contribution in [3.05, 3.63) is 96.3 Å². The van der Waals surface area contributed by atoms with Crippen LogP contribution in [0.3, 0.4) is 0 Å². The predicted molar refractivity (Wildman–Crippen MR) is 112 cm³/mol. The number of benzene rings is 2. The smallest absolute Gasteiger partial charge is 0.162 e. The van der Waals surface area contributed by atoms with Gasteiger partial charge in [-0.05, 0) is 29.7 Å². The first-order chi connectivity index (χ1) is 13.9. The normalized spacial score (nSPS) is 13.2. The molecule has 136 valence electrons. The fourth-order valence-corrected chi connectivity index (χ4v) is 3.67. The maximum absolute atomic E-state index is 4.92. The van der Waals surface area contributed by atoms with Crippen LogP contribution in [0.15, 0.2) is 85.2 Å². The van der Waals surface area contributed by atoms with E-state index in [9.17, 15) is 0 Å². The molecule has 3 heterocycles. The fourth-order valence-electron chi connectivity index (χ4n) is 3.67. The van der Waals surface area contributed by atoms with E-state index < -0.39 is 0 Å². The van der Waals surface area contributed by atoms with Crippen molar-refractivity contribution in [3.8, 4) is 22.6 Å². The molecule has 0 radical (unpaired) electrons. The number of hydrogen-bond acceptors (Lipinski definition) is 4. The van der Waals surface area contributed by atoms with E-state index >= 15 is 0 Å². The molecule has 4 heteroatoms. The summed E-state index contributed by atoms with van der Waals surface area (Å²) < 4.78 is 0. The molecule has 1 aliphatic heterocycles. The number of nitrogens with zero attached hydrogens (tertiary/aromatic N) is 4. The SMILES string of the molecule is c1ccc(-c2nc(-c3ccncc3)cc(N3CCc4ccccc4C3)n2)cc1. The van der Waals surface area contributed by atoms with Crippen LogP contribution >= 0.6 is 0 Å². The molecule has 0 bridgehead atoms. The van der Waals surface area contributed by atoms with Crippen molar-refractivity contribution in [1.29, 1.82) is 0 Å². The number of hydrogen-bond donors (Lipinski definition) is 0. The number of rotatable bonds is 3. The maximum atomic E-state index is 4.92. The van der Waals surface area contributed by atoms with Gasteiger partial charge in [0.15, 0.2) is 5.82 Å². The van der Waals surface area contributed by atoms with Gasteiger partial charge < -0.3 is 4.90 Å². The molecule has 0 atom stereocenters. The summed E-state index contributed by atoms with van der Waals surface area (Å²) in [5, 5.41) is 0. The molecule has 0 spiro atoms. The zero-order valence-corrected chi connectivity index (χ0v) is 15.5. The second kappa shape index (κ2) is 7.24. The summed E-state index contributed by atoms with van der Waals surface area (Å²) in [6.45, 7) is 1.83. The Bertz CT molecular complexity index is 1040. The highest BCUT2D eigenvalue weighted by Crippen LogP contribution is 2.29. The summed E-state index contributed by atoms with van der Waals surface area (Å²) in [5.41, 5.74) is 5.81. The Morgan fingerprint density at radius 1 is 0.714 bits per heavy atom. The molecule has 5 rings (SSSR count). The van der Waals surface area contributed by atoms with E-state index in [0.29, 0.717) is 0 Å². The van der Waals surface area contributed by atoms with E-state index in [1.807, 2.05) is 30.3 Å². The van der Waals surface area contributed by atoms with Gasteiger partial charge in [0.1, 0.15) is 5.82 Å². The van der Waals surface area contributed by atoms with Crippen LogP contribution in [0.25, 0.3) is 22.6 Å². The molecule has 4 aromatic rings. The van der Waals surface area contributed by atoms with Gasteiger partial charge >= 0.3 is 0 Å². The molecule has 0 amide bonds. The lowest BCUT2D eigenvalue weighted by Crippen LogP contribution is -2.31. The molecule has 4 nitrogen and oxygen atoms in total. The largest absolute Gasteiger partial charge is 0.352 e. The highest BCUT2D eigenvalue weighted by atomic mass is 15.2. The molecule has 0 fully saturated rings. The second-order valence-electron chi connectivity index (χ2n) is 6.98. The lowest BCUT2D eigenvalue weighted by molar-refractivity contribution is 0.720. The lowest BCUT2D eigenvalue weighted by Gasteiger charge is -2.30. The molecule has 0 saturated carbocycles. The Morgan fingerprint density at radius 3 is 2.29 bits per heavy atom. The molecular formula is C24H20N4. The number of anilines is 1. The molecule has 0 unspecified atom stereocenters. The fraction of sp³-hybridized carbons (Fsp3) is 0.125. The van der Waals surface area contributed by atoms with Crippen LogP contribution in [0, 0.1) is 0 Å². The molecule has 28 heavy (non-hydrogen) atoms. The number of fused-ring (bicyclic) bond motifs is 1. The summed E-state index contributed by atoms with van der Waals surface area (Å²) in [4.78, 5) is 16.3. The molecule has 2 aromatic carbocycles. The van der Waals surface area contributed by atoms with Gasteiger partial charge in [0, 0.05) is 42.7 Å². The predicted octanol–water partition coefficient (Wildman–Crippen LogP) is 4.77. The van der Waals surface area contributed by atoms with Gasteiger partial charge in [-0.15, -0.1) is 0 Å². The molecule has 0 saturated heterocycles. The first kappa shape index (κ1) is 16.6. The zero-order valence-electron chi connectivity index (χ0n) is 15.5. The van der Waals surface area contributed by atoms with Crippen LogP contribution in [-0.2, 0) is 13.0 Å². The van der Waals surface area contributed by atoms with Gasteiger partial charge in [-0.1, -0.05) is 54.6 Å². The van der Waals surface area contributed by atoms with Gasteiger partial charge in [0.05, 0.1) is 5.69 Å². The van der Waals surface area contributed by atoms with Gasteiger partial charge in [-0.3, -0.25) is 4.98 Å². The van der Waals surface area contributed by atoms with Crippen molar-refractivity contribution in [2.24, 2.45) is 0 Å². The van der Waals surface area contributed by atoms with Crippen LogP contribution < -0.4 is 4.90 Å². The Hall–Kier alpha value is -3.53. The standard InChI is InChI=1S/C24H20N4/c1-2-7-20(8-3-1)24-26-22(19-10-13-25-14-11-19)16-23(27-24)28-15-12-18-6-4-5-9-21(18)17-28/h1-11,13-14,16H,12,15,17H2. The second-order valence-corrected chi connectivity index (χ2v) is 6.98. The van der Waals surface area contributed by atoms with Crippen LogP contribution in [0.2, 0.25) is 0 Å². The minimum absolute atomic E-state index is 0.753. The highest BCUT2D eigenvalue weighted by molar-refractivity contribution is 5.67. The van der Waals surface area contributed by atoms with E-state index in [0.717, 1.165) is 48.0 Å². The van der Waals surface area contributed by atoms with Crippen molar-refractivity contribution < 1.29 is 0 Å². The summed E-state index contributed by atoms with van der Waals surface area (Å²) in [6.07, 6.45) is 4.64. The Balaban J connectivity index is 1.59. The molecule has 2 aromatic heterocycles. The minimum atomic E-state index is 0.753. The van der Waals surface area contributed by atoms with Gasteiger partial charge in [0.2, 0.25) is 0 Å². The zero-order chi connectivity index (χ0) is 18.8. The van der Waals surface area contributed by atoms with E-state index in [2.05, 4.69) is 52.3 Å². The average Bonchev–Trinajstić information content (AvgIpc) is 2.79. The topological polar surface area (TPSA) is 41.9 Å². The third-order valence-electron chi connectivity index (χ3n) is 5.18. The van der Waals surface area contributed by atoms with E-state index in [4.69, 9.17) is 9.97 Å². The van der Waals surface area contributed by atoms with Crippen molar-refractivity contribution >= 4 is 5.82 Å². The minimum Gasteiger partial charge on any atom is -0.352 e. The molecule has 0 N–H and O–H groups in total. The Morgan fingerprint density at radius 2 is 1.46 bits per heavy atom. The van der Waals surface area contributed by atoms with E-state index in [-0.39, 0.29) is 0 Å². The Labute approximate surface area is 164 Å². The van der Waals surface area contributed by atoms with Crippen molar-refractivity contribution in [1.82, 2.24) is 15.0 Å². The first-order valence-corrected chi connectivity index (χ1v) is 9.53. The highest BCUT2D eigenvalue weighted by Gasteiger charge is 2.19. The van der Waals surface area contributed by atoms with Crippen LogP contribution in [0.1, 0.15) is 11.1 Å². The maximum Gasteiger partial charge on any atom is 0.162 e. The molecule has 1 aliphatic rings. The lowest BCUT2D eigenvalue weighted by atomic mass is 10.00. The summed E-state index contributed by atoms with van der Waals surface area (Å²) in [7, 11) is 0. The molecular weight excluding hydrogens is 344 g/mol. The third-order valence-corrected chi connectivity index (χ3v) is 5.18. The average molecular weight is 364 g/mol. The monoisotopic (exact) mass is 364 g/mol. The van der Waals surface area contributed by atoms with E-state index in [1.165, 1.54) is 11.1 Å². The van der Waals surface area contributed by atoms with Crippen molar-refractivity contribution in [2.45, 2.75) is 13.0 Å². The van der Waals surface area contributed by atoms with Gasteiger partial charge in [-0.25, -0.2) is 9.97 Å². The van der Waals surface area contributed by atoms with Crippen LogP contribution in [0.4, 0.5) is 5.82 Å². The van der Waals surface area contributed by atoms with Crippen LogP contribution in [-0.4, -0.2) is 21.5 Å². The third kappa shape index (κ3) is 3.25. The van der Waals surface area contributed by atoms with Crippen LogP contribution in [0.5, 0.6) is 0 Å². The van der Waals surface area contributed by atoms with Crippen molar-refractivity contribution in [3.63, 3.8) is 0 Å². The van der Waals surface area contributed by atoms with Crippen molar-refractivity contribution in [2.75, 3.05) is 11.4 Å². The van der Waals surface area contributed by atoms with Gasteiger partial charge in [0.25, 0.3) is 0 Å². The summed E-state index contributed by atoms with van der Waals surface area (Å²) >= 11 is 0. The Kier molecular flexibility index (Phi) is 4.30. The van der Waals surface area contributed by atoms with E-state index in [1.54, 1.807) is 12.4 Å². The number of pyridine rings is 1. The quantitative estimate of drug-likeness (QED) is 0.525. The summed E-state index contributed by atoms with van der Waals surface area (Å²) in [6, 6.07) is 24.9. The van der Waals surface area contributed by atoms with Gasteiger partial charge in [-0.2, -0.15) is 0 Å².